The van der Waals surface area contributed by atoms with Crippen LogP contribution in [0.2, 0.25) is 5.02 Å². The number of allylic oxidation sites excluding steroid dienone is 1. The first-order chi connectivity index (χ1) is 11.4. The van der Waals surface area contributed by atoms with Gasteiger partial charge in [-0.3, -0.25) is 0 Å². The minimum absolute atomic E-state index is 0.100. The van der Waals surface area contributed by atoms with Crippen LogP contribution in [0.3, 0.4) is 0 Å². The summed E-state index contributed by atoms with van der Waals surface area (Å²) in [5, 5.41) is 10.3. The molecule has 0 bridgehead atoms. The van der Waals surface area contributed by atoms with E-state index in [4.69, 9.17) is 20.9 Å². The Labute approximate surface area is 143 Å². The fourth-order valence-electron chi connectivity index (χ4n) is 2.73. The van der Waals surface area contributed by atoms with Gasteiger partial charge in [0.15, 0.2) is 5.58 Å². The monoisotopic (exact) mass is 345 g/mol. The number of methoxy groups -OCH3 is 1. The molecule has 24 heavy (non-hydrogen) atoms. The molecule has 0 atom stereocenters. The van der Waals surface area contributed by atoms with Crippen LogP contribution in [-0.2, 0) is 16.6 Å². The zero-order valence-electron chi connectivity index (χ0n) is 13.5. The zero-order valence-corrected chi connectivity index (χ0v) is 14.2. The molecule has 1 N–H and O–H groups in total. The van der Waals surface area contributed by atoms with Gasteiger partial charge in [0.05, 0.1) is 7.11 Å². The normalized spacial score (nSPS) is 12.3. The second-order valence-electron chi connectivity index (χ2n) is 5.37. The molecule has 0 aliphatic heterocycles. The van der Waals surface area contributed by atoms with Crippen LogP contribution in [0.1, 0.15) is 12.5 Å². The van der Waals surface area contributed by atoms with Gasteiger partial charge < -0.3 is 14.4 Å². The lowest BCUT2D eigenvalue weighted by atomic mass is 9.92. The summed E-state index contributed by atoms with van der Waals surface area (Å²) in [5.41, 5.74) is 3.70. The number of aromatic nitrogens is 1. The average molecular weight is 346 g/mol. The van der Waals surface area contributed by atoms with Crippen molar-refractivity contribution in [1.29, 1.82) is 0 Å². The highest BCUT2D eigenvalue weighted by Gasteiger charge is 2.24. The molecule has 0 aliphatic carbocycles. The summed E-state index contributed by atoms with van der Waals surface area (Å²) in [4.78, 5) is 11.8. The highest BCUT2D eigenvalue weighted by molar-refractivity contribution is 6.30. The summed E-state index contributed by atoms with van der Waals surface area (Å²) in [5.74, 6) is -0.734. The molecule has 1 heterocycles. The lowest BCUT2D eigenvalue weighted by molar-refractivity contribution is -0.130. The Balaban J connectivity index is 2.35. The van der Waals surface area contributed by atoms with Crippen molar-refractivity contribution in [1.82, 2.24) is 4.74 Å². The van der Waals surface area contributed by atoms with E-state index < -0.39 is 5.97 Å². The van der Waals surface area contributed by atoms with Crippen LogP contribution in [-0.4, -0.2) is 22.9 Å². The van der Waals surface area contributed by atoms with Crippen molar-refractivity contribution in [2.75, 3.05) is 7.11 Å². The fourth-order valence-corrected chi connectivity index (χ4v) is 2.85. The summed E-state index contributed by atoms with van der Waals surface area (Å²) in [6, 6.07) is 10.8. The summed E-state index contributed by atoms with van der Waals surface area (Å²) in [6.07, 6.45) is 0. The van der Waals surface area contributed by atoms with Crippen LogP contribution in [0.4, 0.5) is 0 Å². The molecule has 124 valence electrons. The van der Waals surface area contributed by atoms with E-state index in [0.29, 0.717) is 27.5 Å². The van der Waals surface area contributed by atoms with Gasteiger partial charge in [0.2, 0.25) is 0 Å². The van der Waals surface area contributed by atoms with E-state index in [1.807, 2.05) is 18.2 Å². The lowest BCUT2D eigenvalue weighted by Gasteiger charge is -2.18. The predicted molar refractivity (Wildman–Crippen MR) is 92.9 cm³/mol. The van der Waals surface area contributed by atoms with Gasteiger partial charge in [-0.05, 0) is 30.7 Å². The molecule has 2 aromatic carbocycles. The first-order valence-corrected chi connectivity index (χ1v) is 7.65. The second-order valence-corrected chi connectivity index (χ2v) is 5.81. The average Bonchev–Trinajstić information content (AvgIpc) is 2.54. The molecule has 0 amide bonds. The van der Waals surface area contributed by atoms with Crippen LogP contribution in [0.25, 0.3) is 27.8 Å². The number of fused-ring (bicyclic) bond motifs is 1. The Morgan fingerprint density at radius 3 is 2.42 bits per heavy atom. The minimum Gasteiger partial charge on any atom is -0.500 e. The molecule has 1 aromatic heterocycles. The maximum absolute atomic E-state index is 11.8. The maximum Gasteiger partial charge on any atom is 0.339 e. The van der Waals surface area contributed by atoms with E-state index in [1.165, 1.54) is 7.11 Å². The SMILES string of the molecule is CO/C(C)=C(/C(=O)O)c1ccc2c(on2C)c1-c1ccc(Cl)cc1. The van der Waals surface area contributed by atoms with Gasteiger partial charge in [-0.1, -0.05) is 29.8 Å². The maximum atomic E-state index is 11.8. The minimum atomic E-state index is -1.06. The number of aliphatic carboxylic acids is 1. The first kappa shape index (κ1) is 16.2. The van der Waals surface area contributed by atoms with Crippen molar-refractivity contribution >= 4 is 34.2 Å². The standard InChI is InChI=1S/C18H16ClNO4/c1-10(23-3)15(18(21)22)13-8-9-14-17(24-20(14)2)16(13)11-4-6-12(19)7-5-11/h4-9H,1-3H3,(H,21,22)/b15-10+. The van der Waals surface area contributed by atoms with Gasteiger partial charge in [0.25, 0.3) is 0 Å². The Hall–Kier alpha value is -2.66. The van der Waals surface area contributed by atoms with Crippen molar-refractivity contribution in [2.45, 2.75) is 6.92 Å². The molecular weight excluding hydrogens is 330 g/mol. The molecule has 0 unspecified atom stereocenters. The number of benzene rings is 2. The van der Waals surface area contributed by atoms with Crippen LogP contribution in [0.5, 0.6) is 0 Å². The van der Waals surface area contributed by atoms with Crippen molar-refractivity contribution in [3.8, 4) is 11.1 Å². The Bertz CT molecular complexity index is 947. The van der Waals surface area contributed by atoms with Gasteiger partial charge in [0.1, 0.15) is 16.8 Å². The van der Waals surface area contributed by atoms with E-state index >= 15 is 0 Å². The third-order valence-electron chi connectivity index (χ3n) is 3.98. The molecule has 0 saturated heterocycles. The summed E-state index contributed by atoms with van der Waals surface area (Å²) < 4.78 is 12.4. The molecule has 0 saturated carbocycles. The number of rotatable bonds is 4. The van der Waals surface area contributed by atoms with Gasteiger partial charge in [-0.2, -0.15) is 0 Å². The van der Waals surface area contributed by atoms with E-state index in [9.17, 15) is 9.90 Å². The summed E-state index contributed by atoms with van der Waals surface area (Å²) >= 11 is 5.97. The smallest absolute Gasteiger partial charge is 0.339 e. The van der Waals surface area contributed by atoms with Crippen molar-refractivity contribution in [3.63, 3.8) is 0 Å². The van der Waals surface area contributed by atoms with Crippen molar-refractivity contribution in [2.24, 2.45) is 7.05 Å². The molecular formula is C18H16ClNO4. The van der Waals surface area contributed by atoms with Crippen LogP contribution in [0.15, 0.2) is 46.7 Å². The molecule has 0 fully saturated rings. The van der Waals surface area contributed by atoms with Crippen LogP contribution < -0.4 is 0 Å². The number of hydrogen-bond acceptors (Lipinski definition) is 3. The summed E-state index contributed by atoms with van der Waals surface area (Å²) in [6.45, 7) is 1.63. The third kappa shape index (κ3) is 2.57. The lowest BCUT2D eigenvalue weighted by Crippen LogP contribution is -2.08. The van der Waals surface area contributed by atoms with Crippen molar-refractivity contribution in [3.05, 3.63) is 52.7 Å². The molecule has 0 radical (unpaired) electrons. The summed E-state index contributed by atoms with van der Waals surface area (Å²) in [7, 11) is 3.24. The van der Waals surface area contributed by atoms with Crippen molar-refractivity contribution < 1.29 is 19.2 Å². The van der Waals surface area contributed by atoms with Gasteiger partial charge in [-0.25, -0.2) is 9.53 Å². The van der Waals surface area contributed by atoms with Gasteiger partial charge in [-0.15, -0.1) is 0 Å². The molecule has 0 aliphatic rings. The van der Waals surface area contributed by atoms with E-state index in [-0.39, 0.29) is 5.57 Å². The topological polar surface area (TPSA) is 64.6 Å². The molecule has 5 nitrogen and oxygen atoms in total. The number of halogens is 1. The number of ether oxygens (including phenoxy) is 1. The largest absolute Gasteiger partial charge is 0.500 e. The van der Waals surface area contributed by atoms with E-state index in [1.54, 1.807) is 36.9 Å². The number of carboxylic acid groups (broad SMARTS) is 1. The Kier molecular flexibility index (Phi) is 4.11. The molecule has 3 aromatic rings. The highest BCUT2D eigenvalue weighted by Crippen LogP contribution is 2.38. The van der Waals surface area contributed by atoms with Crippen LogP contribution in [0, 0.1) is 0 Å². The molecule has 0 spiro atoms. The third-order valence-corrected chi connectivity index (χ3v) is 4.23. The Morgan fingerprint density at radius 2 is 1.88 bits per heavy atom. The van der Waals surface area contributed by atoms with Gasteiger partial charge >= 0.3 is 5.97 Å². The number of carboxylic acids is 1. The predicted octanol–water partition coefficient (Wildman–Crippen LogP) is 4.55. The quantitative estimate of drug-likeness (QED) is 0.556. The van der Waals surface area contributed by atoms with E-state index in [0.717, 1.165) is 11.1 Å². The van der Waals surface area contributed by atoms with E-state index in [2.05, 4.69) is 0 Å². The van der Waals surface area contributed by atoms with Crippen LogP contribution >= 0.6 is 11.6 Å². The molecule has 3 rings (SSSR count). The zero-order chi connectivity index (χ0) is 17.4. The number of aryl methyl sites for hydroxylation is 1. The molecule has 6 heteroatoms. The fraction of sp³-hybridized carbons (Fsp3) is 0.167. The number of carbonyl (C=O) groups is 1. The number of nitrogens with zero attached hydrogens (tertiary/aromatic N) is 1. The number of hydrogen-bond donors (Lipinski definition) is 1. The second kappa shape index (κ2) is 6.09. The highest BCUT2D eigenvalue weighted by atomic mass is 35.5. The van der Waals surface area contributed by atoms with Gasteiger partial charge in [0, 0.05) is 23.2 Å². The first-order valence-electron chi connectivity index (χ1n) is 7.27. The Morgan fingerprint density at radius 1 is 1.21 bits per heavy atom.